The number of rotatable bonds is 6. The molecule has 9 nitrogen and oxygen atoms in total. The van der Waals surface area contributed by atoms with Gasteiger partial charge in [-0.05, 0) is 30.5 Å². The fraction of sp³-hybridized carbons (Fsp3) is 0.348. The van der Waals surface area contributed by atoms with E-state index in [4.69, 9.17) is 20.2 Å². The molecule has 1 saturated heterocycles. The molecule has 2 aromatic carbocycles. The van der Waals surface area contributed by atoms with E-state index >= 15 is 0 Å². The molecule has 0 spiro atoms. The molecule has 1 aliphatic heterocycles. The van der Waals surface area contributed by atoms with E-state index in [0.717, 1.165) is 12.8 Å². The van der Waals surface area contributed by atoms with E-state index < -0.39 is 5.97 Å². The van der Waals surface area contributed by atoms with Crippen LogP contribution in [-0.2, 0) is 6.54 Å². The molecule has 0 aliphatic carbocycles. The summed E-state index contributed by atoms with van der Waals surface area (Å²) in [5, 5.41) is 9.96. The van der Waals surface area contributed by atoms with Gasteiger partial charge in [-0.2, -0.15) is 0 Å². The lowest BCUT2D eigenvalue weighted by Crippen LogP contribution is -2.45. The first-order valence-corrected chi connectivity index (χ1v) is 10.4. The summed E-state index contributed by atoms with van der Waals surface area (Å²) in [6.07, 6.45) is 1.79. The maximum atomic E-state index is 13.6. The highest BCUT2D eigenvalue weighted by atomic mass is 16.5. The number of piperidine rings is 1. The van der Waals surface area contributed by atoms with Crippen molar-refractivity contribution in [1.29, 1.82) is 0 Å². The van der Waals surface area contributed by atoms with Crippen molar-refractivity contribution in [3.05, 3.63) is 57.9 Å². The summed E-state index contributed by atoms with van der Waals surface area (Å²) < 4.78 is 12.3. The topological polar surface area (TPSA) is 120 Å². The Morgan fingerprint density at radius 3 is 2.62 bits per heavy atom. The molecule has 0 amide bonds. The van der Waals surface area contributed by atoms with Crippen LogP contribution in [0.4, 0.5) is 5.95 Å². The van der Waals surface area contributed by atoms with Crippen LogP contribution >= 0.6 is 0 Å². The average Bonchev–Trinajstić information content (AvgIpc) is 2.80. The van der Waals surface area contributed by atoms with Crippen molar-refractivity contribution in [3.8, 4) is 11.5 Å². The number of ether oxygens (including phenoxy) is 2. The van der Waals surface area contributed by atoms with Crippen LogP contribution in [0.1, 0.15) is 28.8 Å². The highest BCUT2D eigenvalue weighted by Crippen LogP contribution is 2.31. The predicted molar refractivity (Wildman–Crippen MR) is 121 cm³/mol. The molecule has 32 heavy (non-hydrogen) atoms. The highest BCUT2D eigenvalue weighted by Gasteiger charge is 2.24. The Labute approximate surface area is 185 Å². The summed E-state index contributed by atoms with van der Waals surface area (Å²) in [7, 11) is 3.03. The fourth-order valence-electron chi connectivity index (χ4n) is 4.15. The van der Waals surface area contributed by atoms with Crippen molar-refractivity contribution in [1.82, 2.24) is 9.55 Å². The molecule has 1 aliphatic rings. The monoisotopic (exact) mass is 438 g/mol. The molecule has 1 aromatic heterocycles. The van der Waals surface area contributed by atoms with Gasteiger partial charge >= 0.3 is 5.97 Å². The van der Waals surface area contributed by atoms with Crippen LogP contribution in [0.5, 0.6) is 11.5 Å². The number of carboxylic acids is 1. The van der Waals surface area contributed by atoms with Crippen molar-refractivity contribution in [2.45, 2.75) is 25.4 Å². The molecule has 2 heterocycles. The Morgan fingerprint density at radius 2 is 1.94 bits per heavy atom. The van der Waals surface area contributed by atoms with Crippen molar-refractivity contribution in [2.75, 3.05) is 32.2 Å². The number of nitrogens with two attached hydrogens (primary N) is 1. The Bertz CT molecular complexity index is 1220. The highest BCUT2D eigenvalue weighted by molar-refractivity contribution is 5.89. The predicted octanol–water partition coefficient (Wildman–Crippen LogP) is 2.09. The Balaban J connectivity index is 1.94. The third kappa shape index (κ3) is 3.99. The number of carboxylic acid groups (broad SMARTS) is 1. The van der Waals surface area contributed by atoms with Crippen molar-refractivity contribution >= 4 is 22.8 Å². The number of benzene rings is 2. The molecule has 0 saturated carbocycles. The molecule has 3 N–H and O–H groups in total. The zero-order valence-electron chi connectivity index (χ0n) is 18.1. The fourth-order valence-corrected chi connectivity index (χ4v) is 4.15. The molecule has 1 unspecified atom stereocenters. The van der Waals surface area contributed by atoms with Gasteiger partial charge in [0.05, 0.1) is 37.2 Å². The van der Waals surface area contributed by atoms with Crippen LogP contribution in [0, 0.1) is 0 Å². The number of anilines is 1. The van der Waals surface area contributed by atoms with Crippen LogP contribution in [0.2, 0.25) is 0 Å². The first-order valence-electron chi connectivity index (χ1n) is 10.4. The van der Waals surface area contributed by atoms with Crippen molar-refractivity contribution in [3.63, 3.8) is 0 Å². The van der Waals surface area contributed by atoms with Gasteiger partial charge in [0.1, 0.15) is 0 Å². The van der Waals surface area contributed by atoms with Gasteiger partial charge in [-0.25, -0.2) is 9.78 Å². The summed E-state index contributed by atoms with van der Waals surface area (Å²) in [6, 6.07) is 9.92. The zero-order chi connectivity index (χ0) is 22.8. The number of hydrogen-bond donors (Lipinski definition) is 2. The zero-order valence-corrected chi connectivity index (χ0v) is 18.1. The van der Waals surface area contributed by atoms with Gasteiger partial charge in [-0.15, -0.1) is 0 Å². The molecular weight excluding hydrogens is 412 g/mol. The quantitative estimate of drug-likeness (QED) is 0.600. The van der Waals surface area contributed by atoms with Gasteiger partial charge in [0.15, 0.2) is 11.5 Å². The summed E-state index contributed by atoms with van der Waals surface area (Å²) >= 11 is 0. The Hall–Kier alpha value is -3.59. The van der Waals surface area contributed by atoms with Crippen LogP contribution < -0.4 is 25.7 Å². The second kappa shape index (κ2) is 8.88. The largest absolute Gasteiger partial charge is 0.493 e. The Kier molecular flexibility index (Phi) is 6.00. The molecule has 3 aromatic rings. The van der Waals surface area contributed by atoms with E-state index in [2.05, 4.69) is 0 Å². The van der Waals surface area contributed by atoms with E-state index in [9.17, 15) is 14.7 Å². The average molecular weight is 438 g/mol. The van der Waals surface area contributed by atoms with Gasteiger partial charge in [0.2, 0.25) is 5.95 Å². The summed E-state index contributed by atoms with van der Waals surface area (Å²) in [5.74, 6) is 0.312. The lowest BCUT2D eigenvalue weighted by atomic mass is 10.1. The summed E-state index contributed by atoms with van der Waals surface area (Å²) in [6.45, 7) is 1.34. The van der Waals surface area contributed by atoms with Gasteiger partial charge in [-0.1, -0.05) is 18.2 Å². The third-order valence-electron chi connectivity index (χ3n) is 5.76. The molecular formula is C23H26N4O5. The number of aromatic nitrogens is 2. The second-order valence-corrected chi connectivity index (χ2v) is 7.84. The van der Waals surface area contributed by atoms with E-state index in [1.807, 2.05) is 4.90 Å². The first kappa shape index (κ1) is 21.6. The number of nitrogens with zero attached hydrogens (tertiary/aromatic N) is 3. The number of aromatic carboxylic acids is 1. The van der Waals surface area contributed by atoms with Crippen LogP contribution in [0.25, 0.3) is 10.9 Å². The molecule has 0 radical (unpaired) electrons. The van der Waals surface area contributed by atoms with Crippen LogP contribution in [0.3, 0.4) is 0 Å². The van der Waals surface area contributed by atoms with Crippen molar-refractivity contribution < 1.29 is 19.4 Å². The molecule has 168 valence electrons. The van der Waals surface area contributed by atoms with Crippen molar-refractivity contribution in [2.24, 2.45) is 5.73 Å². The van der Waals surface area contributed by atoms with Gasteiger partial charge in [0.25, 0.3) is 5.56 Å². The van der Waals surface area contributed by atoms with Gasteiger partial charge in [0, 0.05) is 25.2 Å². The minimum atomic E-state index is -1.05. The van der Waals surface area contributed by atoms with E-state index in [0.29, 0.717) is 47.0 Å². The lowest BCUT2D eigenvalue weighted by molar-refractivity contribution is 0.0695. The molecule has 1 fully saturated rings. The maximum absolute atomic E-state index is 13.6. The number of hydrogen-bond acceptors (Lipinski definition) is 7. The standard InChI is InChI=1S/C23H26N4O5/c1-31-19-10-17-18(11-20(19)32-2)25-23(26-9-5-7-15(24)13-26)27(21(17)28)12-14-6-3-4-8-16(14)22(29)30/h3-4,6,8,10-11,15H,5,7,9,12-13,24H2,1-2H3,(H,29,30). The SMILES string of the molecule is COc1cc2nc(N3CCCC(N)C3)n(Cc3ccccc3C(=O)O)c(=O)c2cc1OC. The molecule has 4 rings (SSSR count). The number of fused-ring (bicyclic) bond motifs is 1. The second-order valence-electron chi connectivity index (χ2n) is 7.84. The molecule has 9 heteroatoms. The third-order valence-corrected chi connectivity index (χ3v) is 5.76. The Morgan fingerprint density at radius 1 is 1.22 bits per heavy atom. The van der Waals surface area contributed by atoms with E-state index in [1.165, 1.54) is 24.9 Å². The number of methoxy groups -OCH3 is 2. The summed E-state index contributed by atoms with van der Waals surface area (Å²) in [4.78, 5) is 32.2. The minimum absolute atomic E-state index is 0.0264. The lowest BCUT2D eigenvalue weighted by Gasteiger charge is -2.33. The molecule has 1 atom stereocenters. The van der Waals surface area contributed by atoms with Gasteiger partial charge < -0.3 is 25.2 Å². The van der Waals surface area contributed by atoms with Gasteiger partial charge in [-0.3, -0.25) is 9.36 Å². The normalized spacial score (nSPS) is 16.2. The summed E-state index contributed by atoms with van der Waals surface area (Å²) in [5.41, 5.74) is 7.05. The molecule has 0 bridgehead atoms. The van der Waals surface area contributed by atoms with Crippen LogP contribution in [-0.4, -0.2) is 54.0 Å². The smallest absolute Gasteiger partial charge is 0.336 e. The minimum Gasteiger partial charge on any atom is -0.493 e. The van der Waals surface area contributed by atoms with E-state index in [1.54, 1.807) is 30.3 Å². The maximum Gasteiger partial charge on any atom is 0.336 e. The van der Waals surface area contributed by atoms with Crippen LogP contribution in [0.15, 0.2) is 41.2 Å². The number of carbonyl (C=O) groups is 1. The first-order chi connectivity index (χ1) is 15.4. The van der Waals surface area contributed by atoms with E-state index in [-0.39, 0.29) is 23.7 Å².